The Balaban J connectivity index is 1.89. The van der Waals surface area contributed by atoms with Crippen LogP contribution in [0, 0.1) is 13.8 Å². The van der Waals surface area contributed by atoms with Gasteiger partial charge in [-0.2, -0.15) is 0 Å². The van der Waals surface area contributed by atoms with Crippen molar-refractivity contribution in [1.29, 1.82) is 0 Å². The highest BCUT2D eigenvalue weighted by Gasteiger charge is 2.30. The molecule has 1 aliphatic rings. The summed E-state index contributed by atoms with van der Waals surface area (Å²) in [4.78, 5) is 13.3. The molecule has 1 N–H and O–H groups in total. The van der Waals surface area contributed by atoms with Gasteiger partial charge in [0.25, 0.3) is 0 Å². The highest BCUT2D eigenvalue weighted by molar-refractivity contribution is 5.71. The van der Waals surface area contributed by atoms with Crippen LogP contribution in [0.1, 0.15) is 34.9 Å². The Morgan fingerprint density at radius 2 is 2.19 bits per heavy atom. The quantitative estimate of drug-likeness (QED) is 0.936. The van der Waals surface area contributed by atoms with Crippen LogP contribution in [0.2, 0.25) is 0 Å². The number of carboxylic acid groups (broad SMARTS) is 1. The van der Waals surface area contributed by atoms with Gasteiger partial charge in [-0.3, -0.25) is 4.79 Å². The maximum atomic E-state index is 11.1. The molecular formula is C16H18N2O3. The zero-order valence-corrected chi connectivity index (χ0v) is 12.2. The number of carboxylic acids is 1. The van der Waals surface area contributed by atoms with Gasteiger partial charge in [0.1, 0.15) is 5.76 Å². The topological polar surface area (TPSA) is 66.6 Å². The molecule has 1 aromatic carbocycles. The van der Waals surface area contributed by atoms with E-state index in [4.69, 9.17) is 9.63 Å². The summed E-state index contributed by atoms with van der Waals surface area (Å²) in [7, 11) is 0. The lowest BCUT2D eigenvalue weighted by molar-refractivity contribution is -0.137. The molecule has 5 nitrogen and oxygen atoms in total. The van der Waals surface area contributed by atoms with Crippen LogP contribution in [0.15, 0.2) is 28.8 Å². The maximum absolute atomic E-state index is 11.1. The van der Waals surface area contributed by atoms with Crippen LogP contribution >= 0.6 is 0 Å². The molecule has 1 aromatic heterocycles. The van der Waals surface area contributed by atoms with E-state index in [9.17, 15) is 4.79 Å². The first-order valence-electron chi connectivity index (χ1n) is 7.03. The Morgan fingerprint density at radius 3 is 2.86 bits per heavy atom. The number of aryl methyl sites for hydroxylation is 2. The third-order valence-corrected chi connectivity index (χ3v) is 4.11. The number of rotatable bonds is 4. The van der Waals surface area contributed by atoms with Gasteiger partial charge >= 0.3 is 5.97 Å². The standard InChI is InChI=1S/C16H18N2O3/c1-10-14(11(2)21-17-10)9-18-8-12(7-16(19)20)13-5-3-4-6-15(13)18/h3-6,12H,7-9H2,1-2H3,(H,19,20). The van der Waals surface area contributed by atoms with Gasteiger partial charge in [-0.25, -0.2) is 0 Å². The minimum atomic E-state index is -0.756. The number of benzene rings is 1. The van der Waals surface area contributed by atoms with Gasteiger partial charge in [0.05, 0.1) is 12.1 Å². The first-order chi connectivity index (χ1) is 10.1. The second-order valence-corrected chi connectivity index (χ2v) is 5.54. The van der Waals surface area contributed by atoms with Gasteiger partial charge in [-0.15, -0.1) is 0 Å². The van der Waals surface area contributed by atoms with Crippen LogP contribution in [0.3, 0.4) is 0 Å². The molecule has 0 spiro atoms. The zero-order chi connectivity index (χ0) is 15.0. The van der Waals surface area contributed by atoms with Crippen LogP contribution in [-0.4, -0.2) is 22.8 Å². The summed E-state index contributed by atoms with van der Waals surface area (Å²) < 4.78 is 5.21. The smallest absolute Gasteiger partial charge is 0.304 e. The number of anilines is 1. The molecule has 5 heteroatoms. The normalized spacial score (nSPS) is 17.0. The average molecular weight is 286 g/mol. The van der Waals surface area contributed by atoms with Gasteiger partial charge in [0.15, 0.2) is 0 Å². The fourth-order valence-electron chi connectivity index (χ4n) is 3.04. The molecule has 0 radical (unpaired) electrons. The maximum Gasteiger partial charge on any atom is 0.304 e. The van der Waals surface area contributed by atoms with Crippen LogP contribution < -0.4 is 4.90 Å². The molecule has 2 heterocycles. The van der Waals surface area contributed by atoms with Crippen LogP contribution in [-0.2, 0) is 11.3 Å². The molecule has 21 heavy (non-hydrogen) atoms. The summed E-state index contributed by atoms with van der Waals surface area (Å²) in [6, 6.07) is 8.03. The highest BCUT2D eigenvalue weighted by atomic mass is 16.5. The summed E-state index contributed by atoms with van der Waals surface area (Å²) in [5.41, 5.74) is 4.21. The van der Waals surface area contributed by atoms with Gasteiger partial charge in [-0.1, -0.05) is 23.4 Å². The van der Waals surface area contributed by atoms with E-state index in [0.29, 0.717) is 6.54 Å². The van der Waals surface area contributed by atoms with Crippen molar-refractivity contribution in [2.45, 2.75) is 32.7 Å². The number of nitrogens with zero attached hydrogens (tertiary/aromatic N) is 2. The average Bonchev–Trinajstić information content (AvgIpc) is 2.94. The number of aromatic nitrogens is 1. The lowest BCUT2D eigenvalue weighted by atomic mass is 9.98. The lowest BCUT2D eigenvalue weighted by Crippen LogP contribution is -2.22. The van der Waals surface area contributed by atoms with Crippen molar-refractivity contribution in [3.63, 3.8) is 0 Å². The number of para-hydroxylation sites is 1. The third-order valence-electron chi connectivity index (χ3n) is 4.11. The number of hydrogen-bond donors (Lipinski definition) is 1. The Labute approximate surface area is 123 Å². The van der Waals surface area contributed by atoms with Gasteiger partial charge in [0, 0.05) is 30.3 Å². The molecular weight excluding hydrogens is 268 g/mol. The molecule has 1 atom stereocenters. The van der Waals surface area contributed by atoms with E-state index in [1.807, 2.05) is 32.0 Å². The van der Waals surface area contributed by atoms with Crippen molar-refractivity contribution in [1.82, 2.24) is 5.16 Å². The summed E-state index contributed by atoms with van der Waals surface area (Å²) >= 11 is 0. The number of hydrogen-bond acceptors (Lipinski definition) is 4. The Kier molecular flexibility index (Phi) is 3.41. The van der Waals surface area contributed by atoms with E-state index in [-0.39, 0.29) is 12.3 Å². The van der Waals surface area contributed by atoms with Gasteiger partial charge in [0.2, 0.25) is 0 Å². The van der Waals surface area contributed by atoms with Crippen molar-refractivity contribution in [3.8, 4) is 0 Å². The van der Waals surface area contributed by atoms with Crippen LogP contribution in [0.4, 0.5) is 5.69 Å². The fraction of sp³-hybridized carbons (Fsp3) is 0.375. The van der Waals surface area contributed by atoms with E-state index in [0.717, 1.165) is 34.8 Å². The second-order valence-electron chi connectivity index (χ2n) is 5.54. The van der Waals surface area contributed by atoms with E-state index >= 15 is 0 Å². The molecule has 0 bridgehead atoms. The fourth-order valence-corrected chi connectivity index (χ4v) is 3.04. The van der Waals surface area contributed by atoms with E-state index in [1.54, 1.807) is 0 Å². The summed E-state index contributed by atoms with van der Waals surface area (Å²) in [6.07, 6.45) is 0.162. The summed E-state index contributed by atoms with van der Waals surface area (Å²) in [5, 5.41) is 13.1. The van der Waals surface area contributed by atoms with E-state index in [1.165, 1.54) is 0 Å². The molecule has 1 aliphatic heterocycles. The number of fused-ring (bicyclic) bond motifs is 1. The van der Waals surface area contributed by atoms with Crippen molar-refractivity contribution < 1.29 is 14.4 Å². The molecule has 110 valence electrons. The molecule has 1 unspecified atom stereocenters. The monoisotopic (exact) mass is 286 g/mol. The molecule has 2 aromatic rings. The minimum absolute atomic E-state index is 0.0409. The molecule has 0 fully saturated rings. The SMILES string of the molecule is Cc1noc(C)c1CN1CC(CC(=O)O)c2ccccc21. The molecule has 0 amide bonds. The van der Waals surface area contributed by atoms with Gasteiger partial charge in [-0.05, 0) is 25.5 Å². The lowest BCUT2D eigenvalue weighted by Gasteiger charge is -2.19. The van der Waals surface area contributed by atoms with Crippen molar-refractivity contribution in [2.75, 3.05) is 11.4 Å². The molecule has 0 saturated carbocycles. The number of carbonyl (C=O) groups is 1. The Morgan fingerprint density at radius 1 is 1.43 bits per heavy atom. The second kappa shape index (κ2) is 5.24. The predicted molar refractivity (Wildman–Crippen MR) is 78.5 cm³/mol. The first kappa shape index (κ1) is 13.7. The molecule has 0 aliphatic carbocycles. The zero-order valence-electron chi connectivity index (χ0n) is 12.2. The van der Waals surface area contributed by atoms with Crippen molar-refractivity contribution in [3.05, 3.63) is 46.8 Å². The predicted octanol–water partition coefficient (Wildman–Crippen LogP) is 2.87. The van der Waals surface area contributed by atoms with Gasteiger partial charge < -0.3 is 14.5 Å². The number of aliphatic carboxylic acids is 1. The van der Waals surface area contributed by atoms with Crippen molar-refractivity contribution in [2.24, 2.45) is 0 Å². The third kappa shape index (κ3) is 2.51. The van der Waals surface area contributed by atoms with Crippen LogP contribution in [0.25, 0.3) is 0 Å². The highest BCUT2D eigenvalue weighted by Crippen LogP contribution is 2.39. The van der Waals surface area contributed by atoms with E-state index < -0.39 is 5.97 Å². The Bertz CT molecular complexity index is 658. The first-order valence-corrected chi connectivity index (χ1v) is 7.03. The van der Waals surface area contributed by atoms with Crippen LogP contribution in [0.5, 0.6) is 0 Å². The molecule has 0 saturated heterocycles. The Hall–Kier alpha value is -2.30. The van der Waals surface area contributed by atoms with Crippen molar-refractivity contribution >= 4 is 11.7 Å². The summed E-state index contributed by atoms with van der Waals surface area (Å²) in [6.45, 7) is 5.26. The molecule has 3 rings (SSSR count). The summed E-state index contributed by atoms with van der Waals surface area (Å²) in [5.74, 6) is 0.111. The largest absolute Gasteiger partial charge is 0.481 e. The van der Waals surface area contributed by atoms with E-state index in [2.05, 4.69) is 16.1 Å². The minimum Gasteiger partial charge on any atom is -0.481 e.